The maximum Gasteiger partial charge on any atom is 0.0797 e. The van der Waals surface area contributed by atoms with Crippen LogP contribution < -0.4 is 0 Å². The van der Waals surface area contributed by atoms with Gasteiger partial charge in [0.2, 0.25) is 0 Å². The van der Waals surface area contributed by atoms with Crippen molar-refractivity contribution in [2.75, 3.05) is 12.0 Å². The number of hydrogen-bond donors (Lipinski definition) is 1. The normalized spacial score (nSPS) is 25.4. The van der Waals surface area contributed by atoms with Crippen molar-refractivity contribution >= 4 is 23.4 Å². The summed E-state index contributed by atoms with van der Waals surface area (Å²) in [5.74, 6) is 2.08. The second-order valence-electron chi connectivity index (χ2n) is 6.82. The first-order chi connectivity index (χ1) is 11.7. The fraction of sp³-hybridized carbons (Fsp3) is 0.619. The van der Waals surface area contributed by atoms with Crippen LogP contribution in [0.3, 0.4) is 0 Å². The first kappa shape index (κ1) is 19.9. The Morgan fingerprint density at radius 1 is 1.25 bits per heavy atom. The minimum atomic E-state index is -0.344. The molecule has 3 heteroatoms. The van der Waals surface area contributed by atoms with Crippen molar-refractivity contribution in [1.29, 1.82) is 0 Å². The van der Waals surface area contributed by atoms with E-state index in [1.807, 2.05) is 0 Å². The first-order valence-corrected chi connectivity index (χ1v) is 11.1. The maximum atomic E-state index is 10.2. The number of aliphatic hydroxyl groups is 1. The molecule has 0 radical (unpaired) electrons. The lowest BCUT2D eigenvalue weighted by molar-refractivity contribution is 0.175. The molecule has 1 saturated carbocycles. The van der Waals surface area contributed by atoms with Gasteiger partial charge in [-0.15, -0.1) is 11.6 Å². The summed E-state index contributed by atoms with van der Waals surface area (Å²) in [6.45, 7) is 2.21. The van der Waals surface area contributed by atoms with Crippen LogP contribution in [0, 0.1) is 5.92 Å². The van der Waals surface area contributed by atoms with Gasteiger partial charge in [-0.05, 0) is 67.1 Å². The van der Waals surface area contributed by atoms with Crippen molar-refractivity contribution in [2.45, 2.75) is 62.8 Å². The van der Waals surface area contributed by atoms with Crippen LogP contribution in [-0.2, 0) is 0 Å². The van der Waals surface area contributed by atoms with E-state index >= 15 is 0 Å². The Balaban J connectivity index is 2.00. The molecule has 1 aliphatic rings. The molecule has 4 atom stereocenters. The highest BCUT2D eigenvalue weighted by Gasteiger charge is 2.34. The van der Waals surface area contributed by atoms with Gasteiger partial charge >= 0.3 is 0 Å². The van der Waals surface area contributed by atoms with Crippen molar-refractivity contribution < 1.29 is 5.11 Å². The number of aliphatic hydroxyl groups excluding tert-OH is 1. The van der Waals surface area contributed by atoms with E-state index in [1.165, 1.54) is 18.4 Å². The summed E-state index contributed by atoms with van der Waals surface area (Å²) in [5.41, 5.74) is 2.42. The van der Waals surface area contributed by atoms with Crippen molar-refractivity contribution in [3.63, 3.8) is 0 Å². The Labute approximate surface area is 156 Å². The lowest BCUT2D eigenvalue weighted by Gasteiger charge is -2.21. The third kappa shape index (κ3) is 5.54. The highest BCUT2D eigenvalue weighted by Crippen LogP contribution is 2.44. The lowest BCUT2D eigenvalue weighted by Crippen LogP contribution is -2.13. The third-order valence-electron chi connectivity index (χ3n) is 5.11. The molecule has 1 aromatic rings. The summed E-state index contributed by atoms with van der Waals surface area (Å²) in [4.78, 5) is 0. The predicted molar refractivity (Wildman–Crippen MR) is 108 cm³/mol. The summed E-state index contributed by atoms with van der Waals surface area (Å²) < 4.78 is 0. The summed E-state index contributed by atoms with van der Waals surface area (Å²) in [6.07, 6.45) is 12.9. The minimum absolute atomic E-state index is 0.285. The number of rotatable bonds is 9. The number of allylic oxidation sites excluding steroid dienone is 2. The zero-order valence-electron chi connectivity index (χ0n) is 15.0. The Kier molecular flexibility index (Phi) is 8.72. The minimum Gasteiger partial charge on any atom is -0.388 e. The van der Waals surface area contributed by atoms with Gasteiger partial charge < -0.3 is 5.11 Å². The SMILES string of the molecule is CCC/C=C\CC1C(Cl)CCC1c1ccc(C(O)CCSC)cc1. The molecule has 1 aromatic carbocycles. The molecular weight excluding hydrogens is 336 g/mol. The van der Waals surface area contributed by atoms with Gasteiger partial charge in [0.25, 0.3) is 0 Å². The molecule has 134 valence electrons. The molecule has 1 aliphatic carbocycles. The van der Waals surface area contributed by atoms with E-state index in [9.17, 15) is 5.11 Å². The predicted octanol–water partition coefficient (Wildman–Crippen LogP) is 6.32. The summed E-state index contributed by atoms with van der Waals surface area (Å²) >= 11 is 8.38. The monoisotopic (exact) mass is 366 g/mol. The zero-order chi connectivity index (χ0) is 17.4. The van der Waals surface area contributed by atoms with Crippen molar-refractivity contribution in [3.8, 4) is 0 Å². The van der Waals surface area contributed by atoms with E-state index in [0.717, 1.165) is 37.0 Å². The summed E-state index contributed by atoms with van der Waals surface area (Å²) in [6, 6.07) is 8.62. The van der Waals surface area contributed by atoms with Crippen molar-refractivity contribution in [1.82, 2.24) is 0 Å². The maximum absolute atomic E-state index is 10.2. The average Bonchev–Trinajstić information content (AvgIpc) is 2.97. The molecule has 0 heterocycles. The Hall–Kier alpha value is -0.440. The van der Waals surface area contributed by atoms with Gasteiger partial charge in [0.15, 0.2) is 0 Å². The average molecular weight is 367 g/mol. The number of thioether (sulfide) groups is 1. The lowest BCUT2D eigenvalue weighted by atomic mass is 9.86. The van der Waals surface area contributed by atoms with Crippen LogP contribution in [0.2, 0.25) is 0 Å². The number of halogens is 1. The molecule has 0 saturated heterocycles. The largest absolute Gasteiger partial charge is 0.388 e. The van der Waals surface area contributed by atoms with Crippen molar-refractivity contribution in [2.24, 2.45) is 5.92 Å². The topological polar surface area (TPSA) is 20.2 Å². The molecule has 0 aliphatic heterocycles. The van der Waals surface area contributed by atoms with Gasteiger partial charge in [0.05, 0.1) is 6.10 Å². The number of unbranched alkanes of at least 4 members (excludes halogenated alkanes) is 1. The van der Waals surface area contributed by atoms with Crippen LogP contribution in [0.25, 0.3) is 0 Å². The van der Waals surface area contributed by atoms with Crippen LogP contribution in [0.1, 0.15) is 68.6 Å². The van der Waals surface area contributed by atoms with Gasteiger partial charge in [-0.3, -0.25) is 0 Å². The molecule has 0 bridgehead atoms. The van der Waals surface area contributed by atoms with E-state index in [1.54, 1.807) is 11.8 Å². The summed E-state index contributed by atoms with van der Waals surface area (Å²) in [7, 11) is 0. The van der Waals surface area contributed by atoms with Crippen LogP contribution in [0.15, 0.2) is 36.4 Å². The number of benzene rings is 1. The Bertz CT molecular complexity index is 499. The van der Waals surface area contributed by atoms with Crippen LogP contribution in [0.5, 0.6) is 0 Å². The molecule has 0 spiro atoms. The van der Waals surface area contributed by atoms with E-state index in [4.69, 9.17) is 11.6 Å². The molecular formula is C21H31ClOS. The van der Waals surface area contributed by atoms with Crippen LogP contribution in [0.4, 0.5) is 0 Å². The molecule has 4 unspecified atom stereocenters. The third-order valence-corrected chi connectivity index (χ3v) is 6.30. The number of alkyl halides is 1. The Morgan fingerprint density at radius 3 is 2.67 bits per heavy atom. The van der Waals surface area contributed by atoms with Gasteiger partial charge in [-0.1, -0.05) is 49.8 Å². The first-order valence-electron chi connectivity index (χ1n) is 9.23. The molecule has 0 aromatic heterocycles. The highest BCUT2D eigenvalue weighted by atomic mass is 35.5. The molecule has 0 amide bonds. The smallest absolute Gasteiger partial charge is 0.0797 e. The van der Waals surface area contributed by atoms with Crippen molar-refractivity contribution in [3.05, 3.63) is 47.5 Å². The molecule has 1 fully saturated rings. The molecule has 1 N–H and O–H groups in total. The van der Waals surface area contributed by atoms with Crippen LogP contribution >= 0.6 is 23.4 Å². The van der Waals surface area contributed by atoms with Gasteiger partial charge in [0.1, 0.15) is 0 Å². The van der Waals surface area contributed by atoms with E-state index in [2.05, 4.69) is 49.6 Å². The second kappa shape index (κ2) is 10.5. The highest BCUT2D eigenvalue weighted by molar-refractivity contribution is 7.98. The molecule has 2 rings (SSSR count). The van der Waals surface area contributed by atoms with Crippen LogP contribution in [-0.4, -0.2) is 22.5 Å². The van der Waals surface area contributed by atoms with E-state index < -0.39 is 0 Å². The summed E-state index contributed by atoms with van der Waals surface area (Å²) in [5, 5.41) is 10.5. The standard InChI is InChI=1S/C21H31ClOS/c1-3-4-5-6-7-19-18(12-13-20(19)22)16-8-10-17(11-9-16)21(23)14-15-24-2/h5-6,8-11,18-21,23H,3-4,7,12-15H2,1-2H3/b6-5-. The fourth-order valence-corrected chi connectivity index (χ4v) is 4.51. The fourth-order valence-electron chi connectivity index (χ4n) is 3.64. The van der Waals surface area contributed by atoms with Gasteiger partial charge in [-0.25, -0.2) is 0 Å². The van der Waals surface area contributed by atoms with E-state index in [-0.39, 0.29) is 11.5 Å². The Morgan fingerprint density at radius 2 is 2.00 bits per heavy atom. The number of hydrogen-bond acceptors (Lipinski definition) is 2. The van der Waals surface area contributed by atoms with E-state index in [0.29, 0.717) is 11.8 Å². The zero-order valence-corrected chi connectivity index (χ0v) is 16.5. The molecule has 1 nitrogen and oxygen atoms in total. The quantitative estimate of drug-likeness (QED) is 0.407. The van der Waals surface area contributed by atoms with Gasteiger partial charge in [-0.2, -0.15) is 11.8 Å². The molecule has 24 heavy (non-hydrogen) atoms. The van der Waals surface area contributed by atoms with Gasteiger partial charge in [0, 0.05) is 5.38 Å². The second-order valence-corrected chi connectivity index (χ2v) is 8.37.